The maximum atomic E-state index is 11.5. The predicted octanol–water partition coefficient (Wildman–Crippen LogP) is 1.64. The molecule has 0 aliphatic heterocycles. The van der Waals surface area contributed by atoms with Crippen LogP contribution in [0, 0.1) is 0 Å². The molecule has 5 heteroatoms. The average molecular weight is 238 g/mol. The smallest absolute Gasteiger partial charge is 0.224 e. The number of carbonyl (C=O) groups excluding carboxylic acids is 1. The van der Waals surface area contributed by atoms with Gasteiger partial charge in [0.1, 0.15) is 5.75 Å². The lowest BCUT2D eigenvalue weighted by molar-refractivity contribution is -0.116. The second-order valence-electron chi connectivity index (χ2n) is 3.60. The molecule has 1 amide bonds. The standard InChI is InChI=1S/C12H18N2O3/c1-16-7-3-4-12(15)14-9-5-6-11(17-2)10(13)8-9/h5-6,8H,3-4,7,13H2,1-2H3,(H,14,15). The fourth-order valence-electron chi connectivity index (χ4n) is 1.41. The molecule has 0 spiro atoms. The van der Waals surface area contributed by atoms with Gasteiger partial charge in [-0.05, 0) is 24.6 Å². The zero-order chi connectivity index (χ0) is 12.7. The minimum atomic E-state index is -0.0494. The van der Waals surface area contributed by atoms with Crippen molar-refractivity contribution in [1.29, 1.82) is 0 Å². The van der Waals surface area contributed by atoms with Gasteiger partial charge in [0.2, 0.25) is 5.91 Å². The largest absolute Gasteiger partial charge is 0.495 e. The summed E-state index contributed by atoms with van der Waals surface area (Å²) >= 11 is 0. The van der Waals surface area contributed by atoms with Crippen LogP contribution in [0.4, 0.5) is 11.4 Å². The summed E-state index contributed by atoms with van der Waals surface area (Å²) in [5.41, 5.74) is 6.91. The van der Waals surface area contributed by atoms with Crippen LogP contribution in [0.2, 0.25) is 0 Å². The monoisotopic (exact) mass is 238 g/mol. The van der Waals surface area contributed by atoms with Crippen molar-refractivity contribution in [3.05, 3.63) is 18.2 Å². The summed E-state index contributed by atoms with van der Waals surface area (Å²) in [6.07, 6.45) is 1.13. The van der Waals surface area contributed by atoms with Crippen LogP contribution in [-0.2, 0) is 9.53 Å². The highest BCUT2D eigenvalue weighted by Gasteiger charge is 2.04. The molecule has 0 saturated heterocycles. The molecule has 1 aromatic rings. The Bertz CT molecular complexity index is 380. The van der Waals surface area contributed by atoms with Crippen LogP contribution < -0.4 is 15.8 Å². The SMILES string of the molecule is COCCCC(=O)Nc1ccc(OC)c(N)c1. The lowest BCUT2D eigenvalue weighted by Gasteiger charge is -2.08. The number of ether oxygens (including phenoxy) is 2. The molecule has 0 radical (unpaired) electrons. The molecule has 0 aromatic heterocycles. The molecule has 3 N–H and O–H groups in total. The summed E-state index contributed by atoms with van der Waals surface area (Å²) in [5, 5.41) is 2.76. The second kappa shape index (κ2) is 6.75. The number of methoxy groups -OCH3 is 2. The first-order chi connectivity index (χ1) is 8.17. The van der Waals surface area contributed by atoms with Crippen LogP contribution >= 0.6 is 0 Å². The number of amides is 1. The van der Waals surface area contributed by atoms with E-state index >= 15 is 0 Å². The molecule has 17 heavy (non-hydrogen) atoms. The number of nitrogen functional groups attached to an aromatic ring is 1. The molecule has 1 rings (SSSR count). The summed E-state index contributed by atoms with van der Waals surface area (Å²) in [5.74, 6) is 0.550. The van der Waals surface area contributed by atoms with E-state index in [1.54, 1.807) is 32.4 Å². The van der Waals surface area contributed by atoms with Gasteiger partial charge >= 0.3 is 0 Å². The summed E-state index contributed by atoms with van der Waals surface area (Å²) < 4.78 is 9.91. The van der Waals surface area contributed by atoms with Gasteiger partial charge in [-0.2, -0.15) is 0 Å². The topological polar surface area (TPSA) is 73.6 Å². The second-order valence-corrected chi connectivity index (χ2v) is 3.60. The van der Waals surface area contributed by atoms with Crippen LogP contribution in [0.3, 0.4) is 0 Å². The molecule has 0 aliphatic rings. The molecule has 94 valence electrons. The van der Waals surface area contributed by atoms with E-state index in [-0.39, 0.29) is 5.91 Å². The van der Waals surface area contributed by atoms with Crippen molar-refractivity contribution >= 4 is 17.3 Å². The first kappa shape index (κ1) is 13.3. The number of hydrogen-bond acceptors (Lipinski definition) is 4. The van der Waals surface area contributed by atoms with E-state index in [2.05, 4.69) is 5.32 Å². The highest BCUT2D eigenvalue weighted by molar-refractivity contribution is 5.91. The lowest BCUT2D eigenvalue weighted by Crippen LogP contribution is -2.12. The summed E-state index contributed by atoms with van der Waals surface area (Å²) in [7, 11) is 3.16. The van der Waals surface area contributed by atoms with Crippen LogP contribution in [0.15, 0.2) is 18.2 Å². The van der Waals surface area contributed by atoms with Gasteiger partial charge in [-0.3, -0.25) is 4.79 Å². The Morgan fingerprint density at radius 3 is 2.76 bits per heavy atom. The van der Waals surface area contributed by atoms with Crippen molar-refractivity contribution in [1.82, 2.24) is 0 Å². The van der Waals surface area contributed by atoms with Crippen LogP contribution in [-0.4, -0.2) is 26.7 Å². The zero-order valence-electron chi connectivity index (χ0n) is 10.2. The van der Waals surface area contributed by atoms with E-state index < -0.39 is 0 Å². The van der Waals surface area contributed by atoms with E-state index in [0.717, 1.165) is 0 Å². The number of carbonyl (C=O) groups is 1. The third-order valence-corrected chi connectivity index (χ3v) is 2.27. The number of anilines is 2. The van der Waals surface area contributed by atoms with Gasteiger partial charge in [0, 0.05) is 25.8 Å². The molecular weight excluding hydrogens is 220 g/mol. The molecule has 0 heterocycles. The van der Waals surface area contributed by atoms with E-state index in [1.807, 2.05) is 0 Å². The van der Waals surface area contributed by atoms with Crippen LogP contribution in [0.25, 0.3) is 0 Å². The molecule has 0 saturated carbocycles. The Balaban J connectivity index is 2.51. The summed E-state index contributed by atoms with van der Waals surface area (Å²) in [4.78, 5) is 11.5. The van der Waals surface area contributed by atoms with Gasteiger partial charge in [0.25, 0.3) is 0 Å². The van der Waals surface area contributed by atoms with Crippen LogP contribution in [0.1, 0.15) is 12.8 Å². The van der Waals surface area contributed by atoms with Crippen molar-refractivity contribution in [2.45, 2.75) is 12.8 Å². The fourth-order valence-corrected chi connectivity index (χ4v) is 1.41. The average Bonchev–Trinajstić information content (AvgIpc) is 2.29. The maximum absolute atomic E-state index is 11.5. The first-order valence-electron chi connectivity index (χ1n) is 5.39. The highest BCUT2D eigenvalue weighted by atomic mass is 16.5. The molecule has 0 fully saturated rings. The van der Waals surface area contributed by atoms with Crippen molar-refractivity contribution in [2.24, 2.45) is 0 Å². The lowest BCUT2D eigenvalue weighted by atomic mass is 10.2. The number of nitrogens with two attached hydrogens (primary N) is 1. The van der Waals surface area contributed by atoms with Gasteiger partial charge in [0.15, 0.2) is 0 Å². The molecule has 0 aliphatic carbocycles. The quantitative estimate of drug-likeness (QED) is 0.583. The van der Waals surface area contributed by atoms with Gasteiger partial charge < -0.3 is 20.5 Å². The van der Waals surface area contributed by atoms with Crippen molar-refractivity contribution in [3.63, 3.8) is 0 Å². The molecule has 5 nitrogen and oxygen atoms in total. The maximum Gasteiger partial charge on any atom is 0.224 e. The summed E-state index contributed by atoms with van der Waals surface area (Å²) in [6.45, 7) is 0.582. The zero-order valence-corrected chi connectivity index (χ0v) is 10.2. The van der Waals surface area contributed by atoms with E-state index in [9.17, 15) is 4.79 Å². The fraction of sp³-hybridized carbons (Fsp3) is 0.417. The van der Waals surface area contributed by atoms with Gasteiger partial charge in [-0.15, -0.1) is 0 Å². The van der Waals surface area contributed by atoms with Crippen molar-refractivity contribution in [3.8, 4) is 5.75 Å². The molecule has 0 bridgehead atoms. The number of nitrogens with one attached hydrogen (secondary N) is 1. The van der Waals surface area contributed by atoms with E-state index in [0.29, 0.717) is 36.6 Å². The molecule has 1 aromatic carbocycles. The minimum Gasteiger partial charge on any atom is -0.495 e. The predicted molar refractivity (Wildman–Crippen MR) is 67.1 cm³/mol. The van der Waals surface area contributed by atoms with Crippen molar-refractivity contribution < 1.29 is 14.3 Å². The molecule has 0 unspecified atom stereocenters. The van der Waals surface area contributed by atoms with Crippen molar-refractivity contribution in [2.75, 3.05) is 31.9 Å². The Labute approximate surface area is 101 Å². The molecular formula is C12H18N2O3. The Morgan fingerprint density at radius 1 is 1.41 bits per heavy atom. The van der Waals surface area contributed by atoms with Gasteiger partial charge in [-0.1, -0.05) is 0 Å². The van der Waals surface area contributed by atoms with E-state index in [1.165, 1.54) is 0 Å². The third kappa shape index (κ3) is 4.32. The van der Waals surface area contributed by atoms with E-state index in [4.69, 9.17) is 15.2 Å². The third-order valence-electron chi connectivity index (χ3n) is 2.27. The normalized spacial score (nSPS) is 10.0. The minimum absolute atomic E-state index is 0.0494. The molecule has 0 atom stereocenters. The Morgan fingerprint density at radius 2 is 2.18 bits per heavy atom. The number of hydrogen-bond donors (Lipinski definition) is 2. The highest BCUT2D eigenvalue weighted by Crippen LogP contribution is 2.24. The van der Waals surface area contributed by atoms with Crippen LogP contribution in [0.5, 0.6) is 5.75 Å². The first-order valence-corrected chi connectivity index (χ1v) is 5.39. The summed E-state index contributed by atoms with van der Waals surface area (Å²) in [6, 6.07) is 5.15. The number of benzene rings is 1. The number of rotatable bonds is 6. The Kier molecular flexibility index (Phi) is 5.29. The Hall–Kier alpha value is -1.75. The van der Waals surface area contributed by atoms with Gasteiger partial charge in [0.05, 0.1) is 12.8 Å². The van der Waals surface area contributed by atoms with Gasteiger partial charge in [-0.25, -0.2) is 0 Å².